The zero-order valence-electron chi connectivity index (χ0n) is 9.85. The van der Waals surface area contributed by atoms with E-state index in [0.29, 0.717) is 22.8 Å². The van der Waals surface area contributed by atoms with Crippen LogP contribution in [0.2, 0.25) is 0 Å². The molecule has 0 radical (unpaired) electrons. The molecule has 1 unspecified atom stereocenters. The zero-order valence-corrected chi connectivity index (χ0v) is 9.85. The van der Waals surface area contributed by atoms with Crippen LogP contribution in [-0.4, -0.2) is 6.04 Å². The predicted octanol–water partition coefficient (Wildman–Crippen LogP) is 3.19. The van der Waals surface area contributed by atoms with Crippen LogP contribution in [0.4, 0.5) is 0 Å². The van der Waals surface area contributed by atoms with E-state index < -0.39 is 0 Å². The molecule has 0 bridgehead atoms. The predicted molar refractivity (Wildman–Crippen MR) is 58.6 cm³/mol. The van der Waals surface area contributed by atoms with Crippen molar-refractivity contribution in [2.45, 2.75) is 59.9 Å². The highest BCUT2D eigenvalue weighted by molar-refractivity contribution is 5.03. The Hall–Kier alpha value is -0.0400. The highest BCUT2D eigenvalue weighted by atomic mass is 14.8. The van der Waals surface area contributed by atoms with Crippen molar-refractivity contribution in [1.82, 2.24) is 0 Å². The number of hydrogen-bond acceptors (Lipinski definition) is 1. The van der Waals surface area contributed by atoms with Gasteiger partial charge in [0, 0.05) is 6.04 Å². The average Bonchev–Trinajstić information content (AvgIpc) is 2.29. The maximum absolute atomic E-state index is 6.30. The largest absolute Gasteiger partial charge is 0.327 e. The normalized spacial score (nSPS) is 35.8. The first-order chi connectivity index (χ1) is 5.82. The van der Waals surface area contributed by atoms with Crippen LogP contribution in [0.15, 0.2) is 0 Å². The monoisotopic (exact) mass is 183 g/mol. The van der Waals surface area contributed by atoms with E-state index in [0.717, 1.165) is 0 Å². The quantitative estimate of drug-likeness (QED) is 0.664. The molecule has 1 rings (SSSR count). The SMILES string of the molecule is CC(C)C1(C(C)(C)C)CCC[C@@H]1N. The molecule has 0 aromatic carbocycles. The third-order valence-corrected chi connectivity index (χ3v) is 4.19. The molecule has 0 saturated heterocycles. The molecular weight excluding hydrogens is 158 g/mol. The number of rotatable bonds is 1. The van der Waals surface area contributed by atoms with Gasteiger partial charge >= 0.3 is 0 Å². The Morgan fingerprint density at radius 2 is 1.85 bits per heavy atom. The fourth-order valence-corrected chi connectivity index (χ4v) is 3.57. The summed E-state index contributed by atoms with van der Waals surface area (Å²) in [5.74, 6) is 0.699. The summed E-state index contributed by atoms with van der Waals surface area (Å²) in [6.45, 7) is 11.7. The maximum atomic E-state index is 6.30. The lowest BCUT2D eigenvalue weighted by atomic mass is 9.58. The Balaban J connectivity index is 3.01. The molecule has 0 aromatic heterocycles. The van der Waals surface area contributed by atoms with Crippen molar-refractivity contribution in [3.63, 3.8) is 0 Å². The summed E-state index contributed by atoms with van der Waals surface area (Å²) < 4.78 is 0. The second kappa shape index (κ2) is 3.27. The van der Waals surface area contributed by atoms with Crippen molar-refractivity contribution in [3.05, 3.63) is 0 Å². The van der Waals surface area contributed by atoms with Gasteiger partial charge in [-0.3, -0.25) is 0 Å². The Morgan fingerprint density at radius 3 is 2.00 bits per heavy atom. The molecule has 0 spiro atoms. The topological polar surface area (TPSA) is 26.0 Å². The standard InChI is InChI=1S/C12H25N/c1-9(2)12(11(3,4)5)8-6-7-10(12)13/h9-10H,6-8,13H2,1-5H3/t10-,12?/m0/s1. The van der Waals surface area contributed by atoms with E-state index in [1.807, 2.05) is 0 Å². The van der Waals surface area contributed by atoms with E-state index in [1.165, 1.54) is 19.3 Å². The molecule has 0 aromatic rings. The average molecular weight is 183 g/mol. The third-order valence-electron chi connectivity index (χ3n) is 4.19. The molecule has 1 aliphatic rings. The lowest BCUT2D eigenvalue weighted by molar-refractivity contribution is 0.0213. The maximum Gasteiger partial charge on any atom is 0.0103 e. The minimum atomic E-state index is 0.344. The third kappa shape index (κ3) is 1.52. The number of hydrogen-bond donors (Lipinski definition) is 1. The van der Waals surface area contributed by atoms with Crippen LogP contribution in [0.1, 0.15) is 53.9 Å². The van der Waals surface area contributed by atoms with Gasteiger partial charge < -0.3 is 5.73 Å². The van der Waals surface area contributed by atoms with Gasteiger partial charge in [-0.2, -0.15) is 0 Å². The van der Waals surface area contributed by atoms with E-state index >= 15 is 0 Å². The highest BCUT2D eigenvalue weighted by Gasteiger charge is 2.50. The van der Waals surface area contributed by atoms with Gasteiger partial charge in [-0.25, -0.2) is 0 Å². The summed E-state index contributed by atoms with van der Waals surface area (Å²) in [4.78, 5) is 0. The molecule has 13 heavy (non-hydrogen) atoms. The Kier molecular flexibility index (Phi) is 2.78. The van der Waals surface area contributed by atoms with E-state index in [2.05, 4.69) is 34.6 Å². The summed E-state index contributed by atoms with van der Waals surface area (Å²) in [7, 11) is 0. The van der Waals surface area contributed by atoms with Gasteiger partial charge in [-0.1, -0.05) is 41.0 Å². The Bertz CT molecular complexity index is 178. The van der Waals surface area contributed by atoms with Gasteiger partial charge in [-0.05, 0) is 29.6 Å². The summed E-state index contributed by atoms with van der Waals surface area (Å²) >= 11 is 0. The van der Waals surface area contributed by atoms with Crippen molar-refractivity contribution in [3.8, 4) is 0 Å². The van der Waals surface area contributed by atoms with Gasteiger partial charge in [0.25, 0.3) is 0 Å². The molecule has 1 heteroatoms. The van der Waals surface area contributed by atoms with Gasteiger partial charge in [-0.15, -0.1) is 0 Å². The first-order valence-electron chi connectivity index (χ1n) is 5.58. The van der Waals surface area contributed by atoms with Crippen molar-refractivity contribution in [2.75, 3.05) is 0 Å². The molecule has 1 aliphatic carbocycles. The molecular formula is C12H25N. The Labute approximate surface area is 83.1 Å². The first kappa shape index (κ1) is 11.0. The van der Waals surface area contributed by atoms with Crippen molar-refractivity contribution < 1.29 is 0 Å². The molecule has 0 heterocycles. The smallest absolute Gasteiger partial charge is 0.0103 e. The first-order valence-corrected chi connectivity index (χ1v) is 5.58. The molecule has 78 valence electrons. The van der Waals surface area contributed by atoms with Crippen molar-refractivity contribution in [1.29, 1.82) is 0 Å². The van der Waals surface area contributed by atoms with Gasteiger partial charge in [0.2, 0.25) is 0 Å². The molecule has 1 nitrogen and oxygen atoms in total. The second-order valence-electron chi connectivity index (χ2n) is 5.94. The molecule has 2 N–H and O–H groups in total. The molecule has 1 fully saturated rings. The van der Waals surface area contributed by atoms with Crippen LogP contribution in [0.3, 0.4) is 0 Å². The van der Waals surface area contributed by atoms with Gasteiger partial charge in [0.1, 0.15) is 0 Å². The Morgan fingerprint density at radius 1 is 1.31 bits per heavy atom. The molecule has 0 amide bonds. The lowest BCUT2D eigenvalue weighted by Gasteiger charge is -2.48. The van der Waals surface area contributed by atoms with Crippen molar-refractivity contribution in [2.24, 2.45) is 22.5 Å². The van der Waals surface area contributed by atoms with E-state index in [-0.39, 0.29) is 0 Å². The minimum absolute atomic E-state index is 0.344. The fraction of sp³-hybridized carbons (Fsp3) is 1.00. The van der Waals surface area contributed by atoms with Crippen LogP contribution in [-0.2, 0) is 0 Å². The summed E-state index contributed by atoms with van der Waals surface area (Å²) in [5.41, 5.74) is 7.01. The molecule has 2 atom stereocenters. The highest BCUT2D eigenvalue weighted by Crippen LogP contribution is 2.54. The molecule has 1 saturated carbocycles. The van der Waals surface area contributed by atoms with E-state index in [1.54, 1.807) is 0 Å². The zero-order chi connectivity index (χ0) is 10.3. The second-order valence-corrected chi connectivity index (χ2v) is 5.94. The van der Waals surface area contributed by atoms with Crippen LogP contribution < -0.4 is 5.73 Å². The van der Waals surface area contributed by atoms with E-state index in [9.17, 15) is 0 Å². The van der Waals surface area contributed by atoms with Crippen LogP contribution in [0.5, 0.6) is 0 Å². The summed E-state index contributed by atoms with van der Waals surface area (Å²) in [5, 5.41) is 0. The van der Waals surface area contributed by atoms with Crippen LogP contribution in [0, 0.1) is 16.7 Å². The van der Waals surface area contributed by atoms with Gasteiger partial charge in [0.05, 0.1) is 0 Å². The van der Waals surface area contributed by atoms with Gasteiger partial charge in [0.15, 0.2) is 0 Å². The van der Waals surface area contributed by atoms with Crippen LogP contribution in [0.25, 0.3) is 0 Å². The number of nitrogens with two attached hydrogens (primary N) is 1. The fourth-order valence-electron chi connectivity index (χ4n) is 3.57. The van der Waals surface area contributed by atoms with Crippen molar-refractivity contribution >= 4 is 0 Å². The molecule has 0 aliphatic heterocycles. The summed E-state index contributed by atoms with van der Waals surface area (Å²) in [6.07, 6.45) is 3.85. The summed E-state index contributed by atoms with van der Waals surface area (Å²) in [6, 6.07) is 0.410. The van der Waals surface area contributed by atoms with Crippen LogP contribution >= 0.6 is 0 Å². The minimum Gasteiger partial charge on any atom is -0.327 e. The lowest BCUT2D eigenvalue weighted by Crippen LogP contribution is -2.50. The van der Waals surface area contributed by atoms with E-state index in [4.69, 9.17) is 5.73 Å².